The lowest BCUT2D eigenvalue weighted by molar-refractivity contribution is -0.148. The summed E-state index contributed by atoms with van der Waals surface area (Å²) < 4.78 is 30.1. The van der Waals surface area contributed by atoms with Gasteiger partial charge in [0.25, 0.3) is 5.91 Å². The van der Waals surface area contributed by atoms with Gasteiger partial charge >= 0.3 is 5.97 Å². The highest BCUT2D eigenvalue weighted by molar-refractivity contribution is 7.89. The van der Waals surface area contributed by atoms with Crippen LogP contribution in [-0.2, 0) is 24.3 Å². The molecular formula is C14H17ClN2O5S. The maximum atomic E-state index is 12.1. The molecule has 1 fully saturated rings. The summed E-state index contributed by atoms with van der Waals surface area (Å²) in [4.78, 5) is 23.2. The Morgan fingerprint density at radius 3 is 2.57 bits per heavy atom. The molecule has 0 saturated heterocycles. The molecule has 23 heavy (non-hydrogen) atoms. The smallest absolute Gasteiger partial charge is 0.309 e. The molecule has 2 rings (SSSR count). The number of esters is 1. The first kappa shape index (κ1) is 17.7. The molecule has 7 nitrogen and oxygen atoms in total. The van der Waals surface area contributed by atoms with Crippen LogP contribution in [0.15, 0.2) is 23.1 Å². The van der Waals surface area contributed by atoms with Gasteiger partial charge in [-0.1, -0.05) is 11.6 Å². The number of nitrogens with zero attached hydrogens (tertiary/aromatic N) is 1. The molecular weight excluding hydrogens is 344 g/mol. The summed E-state index contributed by atoms with van der Waals surface area (Å²) in [6.07, 6.45) is 1.58. The number of sulfonamides is 1. The van der Waals surface area contributed by atoms with Crippen LogP contribution in [0.25, 0.3) is 0 Å². The van der Waals surface area contributed by atoms with Crippen LogP contribution in [0.3, 0.4) is 0 Å². The number of carbonyl (C=O) groups excluding carboxylic acids is 2. The number of ether oxygens (including phenoxy) is 1. The number of rotatable bonds is 6. The van der Waals surface area contributed by atoms with Crippen LogP contribution in [0, 0.1) is 5.92 Å². The van der Waals surface area contributed by atoms with E-state index in [1.165, 1.54) is 32.3 Å². The monoisotopic (exact) mass is 360 g/mol. The Balaban J connectivity index is 2.06. The molecule has 0 spiro atoms. The molecule has 0 aliphatic heterocycles. The lowest BCUT2D eigenvalue weighted by Gasteiger charge is -2.13. The minimum Gasteiger partial charge on any atom is -0.455 e. The fourth-order valence-corrected chi connectivity index (χ4v) is 2.82. The molecule has 1 aliphatic rings. The number of halogens is 1. The fraction of sp³-hybridized carbons (Fsp3) is 0.429. The molecule has 0 bridgehead atoms. The predicted molar refractivity (Wildman–Crippen MR) is 84.6 cm³/mol. The number of hydrogen-bond donors (Lipinski definition) is 1. The summed E-state index contributed by atoms with van der Waals surface area (Å²) in [5.74, 6) is -1.07. The van der Waals surface area contributed by atoms with Crippen LogP contribution in [0.4, 0.5) is 5.69 Å². The van der Waals surface area contributed by atoms with E-state index >= 15 is 0 Å². The quantitative estimate of drug-likeness (QED) is 0.776. The minimum atomic E-state index is -3.64. The van der Waals surface area contributed by atoms with Crippen molar-refractivity contribution in [1.82, 2.24) is 4.31 Å². The largest absolute Gasteiger partial charge is 0.455 e. The van der Waals surface area contributed by atoms with E-state index in [2.05, 4.69) is 5.32 Å². The molecule has 0 heterocycles. The van der Waals surface area contributed by atoms with Gasteiger partial charge in [-0.2, -0.15) is 0 Å². The summed E-state index contributed by atoms with van der Waals surface area (Å²) in [5.41, 5.74) is 0.141. The Morgan fingerprint density at radius 1 is 1.35 bits per heavy atom. The second kappa shape index (κ2) is 6.86. The van der Waals surface area contributed by atoms with Crippen LogP contribution < -0.4 is 5.32 Å². The Morgan fingerprint density at radius 2 is 2.00 bits per heavy atom. The van der Waals surface area contributed by atoms with E-state index in [9.17, 15) is 18.0 Å². The molecule has 1 N–H and O–H groups in total. The molecule has 1 aromatic rings. The van der Waals surface area contributed by atoms with E-state index in [0.29, 0.717) is 0 Å². The normalized spacial score (nSPS) is 14.6. The zero-order valence-corrected chi connectivity index (χ0v) is 14.3. The third-order valence-electron chi connectivity index (χ3n) is 3.25. The molecule has 0 atom stereocenters. The van der Waals surface area contributed by atoms with Crippen molar-refractivity contribution in [3.8, 4) is 0 Å². The molecule has 9 heteroatoms. The number of hydrogen-bond acceptors (Lipinski definition) is 5. The maximum Gasteiger partial charge on any atom is 0.309 e. The minimum absolute atomic E-state index is 0.00262. The topological polar surface area (TPSA) is 92.8 Å². The average molecular weight is 361 g/mol. The van der Waals surface area contributed by atoms with E-state index in [0.717, 1.165) is 17.1 Å². The van der Waals surface area contributed by atoms with Crippen molar-refractivity contribution in [1.29, 1.82) is 0 Å². The van der Waals surface area contributed by atoms with Gasteiger partial charge in [0, 0.05) is 14.1 Å². The van der Waals surface area contributed by atoms with Gasteiger partial charge in [-0.05, 0) is 31.0 Å². The van der Waals surface area contributed by atoms with Gasteiger partial charge in [-0.15, -0.1) is 0 Å². The van der Waals surface area contributed by atoms with Crippen molar-refractivity contribution < 1.29 is 22.7 Å². The molecule has 1 amide bonds. The van der Waals surface area contributed by atoms with Gasteiger partial charge in [0.15, 0.2) is 6.61 Å². The van der Waals surface area contributed by atoms with E-state index in [1.807, 2.05) is 0 Å². The van der Waals surface area contributed by atoms with Gasteiger partial charge in [0.2, 0.25) is 10.0 Å². The van der Waals surface area contributed by atoms with Crippen molar-refractivity contribution in [2.24, 2.45) is 5.92 Å². The third kappa shape index (κ3) is 4.43. The Hall–Kier alpha value is -1.64. The van der Waals surface area contributed by atoms with Crippen molar-refractivity contribution in [3.05, 3.63) is 23.2 Å². The summed E-state index contributed by atoms with van der Waals surface area (Å²) in [6, 6.07) is 3.99. The first-order valence-electron chi connectivity index (χ1n) is 6.90. The van der Waals surface area contributed by atoms with E-state index < -0.39 is 28.5 Å². The van der Waals surface area contributed by atoms with Crippen molar-refractivity contribution in [2.75, 3.05) is 26.0 Å². The molecule has 0 unspecified atom stereocenters. The van der Waals surface area contributed by atoms with Crippen molar-refractivity contribution in [2.45, 2.75) is 17.7 Å². The summed E-state index contributed by atoms with van der Waals surface area (Å²) in [6.45, 7) is -0.434. The number of benzene rings is 1. The van der Waals surface area contributed by atoms with E-state index in [1.54, 1.807) is 0 Å². The zero-order chi connectivity index (χ0) is 17.2. The average Bonchev–Trinajstić information content (AvgIpc) is 3.31. The second-order valence-electron chi connectivity index (χ2n) is 5.36. The number of carbonyl (C=O) groups is 2. The van der Waals surface area contributed by atoms with Gasteiger partial charge in [-0.25, -0.2) is 12.7 Å². The third-order valence-corrected chi connectivity index (χ3v) is 5.39. The van der Waals surface area contributed by atoms with Gasteiger partial charge in [0.05, 0.1) is 21.5 Å². The summed E-state index contributed by atoms with van der Waals surface area (Å²) >= 11 is 5.96. The van der Waals surface area contributed by atoms with Crippen LogP contribution in [0.2, 0.25) is 5.02 Å². The standard InChI is InChI=1S/C14H17ClN2O5S/c1-17(2)23(20,21)10-5-6-11(15)12(7-10)16-13(18)8-22-14(19)9-3-4-9/h5-7,9H,3-4,8H2,1-2H3,(H,16,18). The SMILES string of the molecule is CN(C)S(=O)(=O)c1ccc(Cl)c(NC(=O)COC(=O)C2CC2)c1. The highest BCUT2D eigenvalue weighted by atomic mass is 35.5. The summed E-state index contributed by atoms with van der Waals surface area (Å²) in [7, 11) is -0.838. The van der Waals surface area contributed by atoms with E-state index in [-0.39, 0.29) is 21.5 Å². The Bertz CT molecular complexity index is 729. The molecule has 1 aliphatic carbocycles. The van der Waals surface area contributed by atoms with Crippen LogP contribution in [0.1, 0.15) is 12.8 Å². The number of nitrogens with one attached hydrogen (secondary N) is 1. The Labute approximate surface area is 139 Å². The first-order valence-corrected chi connectivity index (χ1v) is 8.72. The van der Waals surface area contributed by atoms with Crippen LogP contribution in [-0.4, -0.2) is 45.3 Å². The predicted octanol–water partition coefficient (Wildman–Crippen LogP) is 1.48. The fourth-order valence-electron chi connectivity index (χ4n) is 1.73. The highest BCUT2D eigenvalue weighted by Crippen LogP contribution is 2.30. The second-order valence-corrected chi connectivity index (χ2v) is 7.92. The van der Waals surface area contributed by atoms with Gasteiger partial charge < -0.3 is 10.1 Å². The van der Waals surface area contributed by atoms with Crippen molar-refractivity contribution in [3.63, 3.8) is 0 Å². The lowest BCUT2D eigenvalue weighted by atomic mass is 10.3. The van der Waals surface area contributed by atoms with Crippen LogP contribution in [0.5, 0.6) is 0 Å². The van der Waals surface area contributed by atoms with Gasteiger partial charge in [0.1, 0.15) is 0 Å². The zero-order valence-electron chi connectivity index (χ0n) is 12.7. The molecule has 1 saturated carbocycles. The Kier molecular flexibility index (Phi) is 5.28. The summed E-state index contributed by atoms with van der Waals surface area (Å²) in [5, 5.41) is 2.63. The van der Waals surface area contributed by atoms with Crippen LogP contribution >= 0.6 is 11.6 Å². The molecule has 1 aromatic carbocycles. The van der Waals surface area contributed by atoms with Crippen molar-refractivity contribution >= 4 is 39.2 Å². The van der Waals surface area contributed by atoms with Gasteiger partial charge in [-0.3, -0.25) is 9.59 Å². The molecule has 0 radical (unpaired) electrons. The number of anilines is 1. The first-order chi connectivity index (χ1) is 10.7. The maximum absolute atomic E-state index is 12.1. The van der Waals surface area contributed by atoms with E-state index in [4.69, 9.17) is 16.3 Å². The highest BCUT2D eigenvalue weighted by Gasteiger charge is 2.31. The molecule has 126 valence electrons. The molecule has 0 aromatic heterocycles. The number of amides is 1. The lowest BCUT2D eigenvalue weighted by Crippen LogP contribution is -2.23.